The van der Waals surface area contributed by atoms with Crippen molar-refractivity contribution in [2.75, 3.05) is 19.9 Å². The van der Waals surface area contributed by atoms with Crippen molar-refractivity contribution in [3.63, 3.8) is 0 Å². The average Bonchev–Trinajstić information content (AvgIpc) is 2.37. The summed E-state index contributed by atoms with van der Waals surface area (Å²) in [4.78, 5) is 0. The van der Waals surface area contributed by atoms with Crippen LogP contribution in [0.2, 0.25) is 0 Å². The molecule has 0 amide bonds. The van der Waals surface area contributed by atoms with E-state index in [4.69, 9.17) is 4.18 Å². The maximum absolute atomic E-state index is 11.1. The smallest absolute Gasteiger partial charge is 0.264 e. The van der Waals surface area contributed by atoms with Crippen molar-refractivity contribution in [2.45, 2.75) is 32.2 Å². The van der Waals surface area contributed by atoms with Gasteiger partial charge in [-0.3, -0.25) is 4.18 Å². The second-order valence-corrected chi connectivity index (χ2v) is 7.38. The third-order valence-electron chi connectivity index (χ3n) is 5.07. The Morgan fingerprint density at radius 1 is 1.29 bits per heavy atom. The topological polar surface area (TPSA) is 55.4 Å². The molecule has 0 aromatic heterocycles. The van der Waals surface area contributed by atoms with Crippen LogP contribution in [0.1, 0.15) is 26.7 Å². The lowest BCUT2D eigenvalue weighted by Gasteiger charge is -2.53. The zero-order valence-corrected chi connectivity index (χ0v) is 11.7. The van der Waals surface area contributed by atoms with E-state index in [9.17, 15) is 8.42 Å². The Balaban J connectivity index is 2.22. The second-order valence-electron chi connectivity index (χ2n) is 5.74. The third kappa shape index (κ3) is 1.67. The van der Waals surface area contributed by atoms with Crippen molar-refractivity contribution in [1.82, 2.24) is 5.32 Å². The molecule has 1 saturated carbocycles. The van der Waals surface area contributed by atoms with E-state index in [2.05, 4.69) is 31.3 Å². The highest BCUT2D eigenvalue weighted by Crippen LogP contribution is 2.65. The summed E-state index contributed by atoms with van der Waals surface area (Å²) >= 11 is 0. The number of fused-ring (bicyclic) bond motifs is 1. The van der Waals surface area contributed by atoms with Gasteiger partial charge in [-0.15, -0.1) is 0 Å². The van der Waals surface area contributed by atoms with Crippen LogP contribution < -0.4 is 5.32 Å². The van der Waals surface area contributed by atoms with Crippen LogP contribution in [-0.4, -0.2) is 33.9 Å². The van der Waals surface area contributed by atoms with Gasteiger partial charge in [0.05, 0.1) is 12.9 Å². The van der Waals surface area contributed by atoms with Crippen LogP contribution in [0.25, 0.3) is 0 Å². The quantitative estimate of drug-likeness (QED) is 0.611. The van der Waals surface area contributed by atoms with Crippen molar-refractivity contribution in [2.24, 2.45) is 10.8 Å². The molecule has 0 radical (unpaired) electrons. The summed E-state index contributed by atoms with van der Waals surface area (Å²) in [5.74, 6) is 0. The van der Waals surface area contributed by atoms with E-state index in [-0.39, 0.29) is 23.0 Å². The average molecular weight is 259 g/mol. The molecule has 17 heavy (non-hydrogen) atoms. The maximum Gasteiger partial charge on any atom is 0.264 e. The number of nitrogens with one attached hydrogen (secondary N) is 1. The summed E-state index contributed by atoms with van der Waals surface area (Å²) in [6, 6.07) is 0. The number of rotatable bonds is 4. The van der Waals surface area contributed by atoms with Gasteiger partial charge in [0.15, 0.2) is 0 Å². The second kappa shape index (κ2) is 3.56. The fraction of sp³-hybridized carbons (Fsp3) is 0.833. The molecule has 0 aromatic rings. The predicted octanol–water partition coefficient (Wildman–Crippen LogP) is 1.30. The van der Waals surface area contributed by atoms with Crippen molar-refractivity contribution in [3.05, 3.63) is 12.2 Å². The minimum absolute atomic E-state index is 0.0165. The van der Waals surface area contributed by atoms with Crippen LogP contribution in [0.5, 0.6) is 0 Å². The zero-order valence-electron chi connectivity index (χ0n) is 10.9. The number of hydrogen-bond donors (Lipinski definition) is 1. The minimum atomic E-state index is -3.36. The Hall–Kier alpha value is -0.390. The monoisotopic (exact) mass is 259 g/mol. The van der Waals surface area contributed by atoms with E-state index in [1.165, 1.54) is 0 Å². The van der Waals surface area contributed by atoms with Gasteiger partial charge in [-0.05, 0) is 26.8 Å². The molecule has 98 valence electrons. The fourth-order valence-electron chi connectivity index (χ4n) is 3.25. The van der Waals surface area contributed by atoms with Gasteiger partial charge in [0.1, 0.15) is 0 Å². The molecule has 3 atom stereocenters. The summed E-state index contributed by atoms with van der Waals surface area (Å²) in [5.41, 5.74) is -0.143. The van der Waals surface area contributed by atoms with Gasteiger partial charge in [-0.1, -0.05) is 19.1 Å². The molecule has 0 bridgehead atoms. The van der Waals surface area contributed by atoms with Crippen LogP contribution in [0, 0.1) is 10.8 Å². The predicted molar refractivity (Wildman–Crippen MR) is 67.2 cm³/mol. The lowest BCUT2D eigenvalue weighted by Crippen LogP contribution is -2.58. The zero-order chi connectivity index (χ0) is 12.9. The van der Waals surface area contributed by atoms with Crippen LogP contribution in [0.3, 0.4) is 0 Å². The standard InChI is InChI=1S/C12H21NO3S/c1-10-5-7-12(10,9-16-17(4,14)15)8-6-11(10,2)13-3/h5,7,13H,6,8-9H2,1-4H3. The van der Waals surface area contributed by atoms with Gasteiger partial charge < -0.3 is 5.32 Å². The van der Waals surface area contributed by atoms with E-state index >= 15 is 0 Å². The highest BCUT2D eigenvalue weighted by atomic mass is 32.2. The Labute approximate surface area is 104 Å². The molecule has 0 heterocycles. The molecule has 2 aliphatic carbocycles. The molecule has 2 aliphatic rings. The first-order valence-corrected chi connectivity index (χ1v) is 7.73. The van der Waals surface area contributed by atoms with E-state index in [1.807, 2.05) is 7.05 Å². The SMILES string of the molecule is CNC1(C)CCC2(COS(C)(=O)=O)C=CC21C. The summed E-state index contributed by atoms with van der Waals surface area (Å²) in [7, 11) is -1.40. The Morgan fingerprint density at radius 2 is 1.94 bits per heavy atom. The first-order valence-electron chi connectivity index (χ1n) is 5.92. The van der Waals surface area contributed by atoms with Crippen molar-refractivity contribution in [1.29, 1.82) is 0 Å². The summed E-state index contributed by atoms with van der Waals surface area (Å²) in [5, 5.41) is 3.38. The molecule has 3 unspecified atom stereocenters. The molecule has 4 nitrogen and oxygen atoms in total. The van der Waals surface area contributed by atoms with Crippen molar-refractivity contribution >= 4 is 10.1 Å². The van der Waals surface area contributed by atoms with E-state index < -0.39 is 10.1 Å². The summed E-state index contributed by atoms with van der Waals surface area (Å²) in [6.45, 7) is 4.64. The molecule has 2 rings (SSSR count). The van der Waals surface area contributed by atoms with E-state index in [0.717, 1.165) is 19.1 Å². The first-order chi connectivity index (χ1) is 7.68. The molecular weight excluding hydrogens is 238 g/mol. The molecule has 0 spiro atoms. The van der Waals surface area contributed by atoms with Crippen LogP contribution in [0.15, 0.2) is 12.2 Å². The van der Waals surface area contributed by atoms with Gasteiger partial charge >= 0.3 is 0 Å². The molecule has 0 aromatic carbocycles. The fourth-order valence-corrected chi connectivity index (χ4v) is 3.67. The highest BCUT2D eigenvalue weighted by Gasteiger charge is 2.64. The molecule has 0 aliphatic heterocycles. The minimum Gasteiger partial charge on any atom is -0.314 e. The largest absolute Gasteiger partial charge is 0.314 e. The van der Waals surface area contributed by atoms with Crippen LogP contribution >= 0.6 is 0 Å². The third-order valence-corrected chi connectivity index (χ3v) is 5.62. The Bertz CT molecular complexity index is 458. The highest BCUT2D eigenvalue weighted by molar-refractivity contribution is 7.85. The number of hydrogen-bond acceptors (Lipinski definition) is 4. The van der Waals surface area contributed by atoms with E-state index in [0.29, 0.717) is 0 Å². The molecule has 1 fully saturated rings. The van der Waals surface area contributed by atoms with Gasteiger partial charge in [0.25, 0.3) is 10.1 Å². The lowest BCUT2D eigenvalue weighted by molar-refractivity contribution is 0.0427. The van der Waals surface area contributed by atoms with Crippen LogP contribution in [-0.2, 0) is 14.3 Å². The van der Waals surface area contributed by atoms with Gasteiger partial charge in [-0.2, -0.15) is 8.42 Å². The van der Waals surface area contributed by atoms with Gasteiger partial charge in [0, 0.05) is 16.4 Å². The molecule has 5 heteroatoms. The Morgan fingerprint density at radius 3 is 2.35 bits per heavy atom. The summed E-state index contributed by atoms with van der Waals surface area (Å²) < 4.78 is 27.3. The van der Waals surface area contributed by atoms with Crippen LogP contribution in [0.4, 0.5) is 0 Å². The van der Waals surface area contributed by atoms with Gasteiger partial charge in [0.2, 0.25) is 0 Å². The van der Waals surface area contributed by atoms with E-state index in [1.54, 1.807) is 0 Å². The van der Waals surface area contributed by atoms with Crippen molar-refractivity contribution < 1.29 is 12.6 Å². The Kier molecular flexibility index (Phi) is 2.73. The molecule has 0 saturated heterocycles. The normalized spacial score (nSPS) is 44.5. The molecule has 1 N–H and O–H groups in total. The molecular formula is C12H21NO3S. The maximum atomic E-state index is 11.1. The van der Waals surface area contributed by atoms with Gasteiger partial charge in [-0.25, -0.2) is 0 Å². The summed E-state index contributed by atoms with van der Waals surface area (Å²) in [6.07, 6.45) is 7.39. The van der Waals surface area contributed by atoms with Crippen molar-refractivity contribution in [3.8, 4) is 0 Å². The lowest BCUT2D eigenvalue weighted by atomic mass is 9.54. The first kappa shape index (κ1) is 13.1.